The number of carbonyl (C=O) groups is 1. The summed E-state index contributed by atoms with van der Waals surface area (Å²) in [5, 5.41) is 8.85. The summed E-state index contributed by atoms with van der Waals surface area (Å²) in [4.78, 5) is 10.8. The highest BCUT2D eigenvalue weighted by Crippen LogP contribution is 2.45. The quantitative estimate of drug-likeness (QED) is 0.885. The third-order valence-electron chi connectivity index (χ3n) is 3.13. The van der Waals surface area contributed by atoms with E-state index >= 15 is 0 Å². The molecule has 6 heteroatoms. The zero-order chi connectivity index (χ0) is 14.2. The Morgan fingerprint density at radius 2 is 2.42 bits per heavy atom. The molecule has 2 unspecified atom stereocenters. The lowest BCUT2D eigenvalue weighted by Crippen LogP contribution is -2.16. The van der Waals surface area contributed by atoms with Gasteiger partial charge in [0, 0.05) is 22.5 Å². The van der Waals surface area contributed by atoms with Crippen molar-refractivity contribution in [3.63, 3.8) is 0 Å². The molecule has 1 aliphatic heterocycles. The highest BCUT2D eigenvalue weighted by molar-refractivity contribution is 9.10. The molecule has 0 fully saturated rings. The summed E-state index contributed by atoms with van der Waals surface area (Å²) in [7, 11) is 1.56. The molecule has 1 aromatic rings. The van der Waals surface area contributed by atoms with Crippen LogP contribution in [0.1, 0.15) is 30.5 Å². The number of benzene rings is 1. The molecule has 1 heterocycles. The van der Waals surface area contributed by atoms with Gasteiger partial charge < -0.3 is 20.3 Å². The molecule has 5 nitrogen and oxygen atoms in total. The summed E-state index contributed by atoms with van der Waals surface area (Å²) in [6.45, 7) is 1.97. The van der Waals surface area contributed by atoms with Crippen LogP contribution >= 0.6 is 15.9 Å². The number of methoxy groups -OCH3 is 1. The zero-order valence-corrected chi connectivity index (χ0v) is 12.4. The summed E-state index contributed by atoms with van der Waals surface area (Å²) in [5.41, 5.74) is 7.66. The summed E-state index contributed by atoms with van der Waals surface area (Å²) in [6.07, 6.45) is 0.697. The Hall–Kier alpha value is -1.27. The van der Waals surface area contributed by atoms with E-state index in [4.69, 9.17) is 20.3 Å². The van der Waals surface area contributed by atoms with Crippen molar-refractivity contribution in [2.75, 3.05) is 7.11 Å². The van der Waals surface area contributed by atoms with E-state index < -0.39 is 12.0 Å². The lowest BCUT2D eigenvalue weighted by atomic mass is 9.99. The number of ether oxygens (including phenoxy) is 2. The molecular weight excluding hydrogens is 314 g/mol. The van der Waals surface area contributed by atoms with E-state index in [1.165, 1.54) is 0 Å². The van der Waals surface area contributed by atoms with Crippen molar-refractivity contribution in [2.24, 2.45) is 5.73 Å². The van der Waals surface area contributed by atoms with E-state index in [9.17, 15) is 4.79 Å². The maximum absolute atomic E-state index is 10.8. The van der Waals surface area contributed by atoms with Gasteiger partial charge >= 0.3 is 5.97 Å². The van der Waals surface area contributed by atoms with Gasteiger partial charge in [-0.25, -0.2) is 0 Å². The van der Waals surface area contributed by atoms with Crippen molar-refractivity contribution in [1.29, 1.82) is 0 Å². The van der Waals surface area contributed by atoms with Gasteiger partial charge in [-0.1, -0.05) is 15.9 Å². The first kappa shape index (κ1) is 14.1. The molecule has 0 saturated heterocycles. The van der Waals surface area contributed by atoms with E-state index in [2.05, 4.69) is 15.9 Å². The van der Waals surface area contributed by atoms with Gasteiger partial charge in [0.15, 0.2) is 11.5 Å². The number of halogens is 1. The molecule has 0 radical (unpaired) electrons. The van der Waals surface area contributed by atoms with Crippen molar-refractivity contribution in [1.82, 2.24) is 0 Å². The fourth-order valence-electron chi connectivity index (χ4n) is 2.25. The largest absolute Gasteiger partial charge is 0.493 e. The third kappa shape index (κ3) is 2.69. The van der Waals surface area contributed by atoms with Gasteiger partial charge in [-0.05, 0) is 18.6 Å². The lowest BCUT2D eigenvalue weighted by Gasteiger charge is -2.16. The molecule has 0 aromatic heterocycles. The monoisotopic (exact) mass is 329 g/mol. The zero-order valence-electron chi connectivity index (χ0n) is 10.8. The number of carboxylic acids is 1. The second-order valence-corrected chi connectivity index (χ2v) is 5.42. The van der Waals surface area contributed by atoms with Crippen LogP contribution in [0.25, 0.3) is 0 Å². The maximum atomic E-state index is 10.8. The summed E-state index contributed by atoms with van der Waals surface area (Å²) in [6, 6.07) is 1.16. The van der Waals surface area contributed by atoms with Crippen LogP contribution in [-0.2, 0) is 11.2 Å². The Labute approximate surface area is 119 Å². The van der Waals surface area contributed by atoms with Crippen LogP contribution in [-0.4, -0.2) is 24.3 Å². The number of fused-ring (bicyclic) bond motifs is 1. The fourth-order valence-corrected chi connectivity index (χ4v) is 3.00. The number of hydrogen-bond acceptors (Lipinski definition) is 4. The van der Waals surface area contributed by atoms with Crippen molar-refractivity contribution in [3.8, 4) is 11.5 Å². The van der Waals surface area contributed by atoms with Gasteiger partial charge in [0.1, 0.15) is 6.10 Å². The molecule has 104 valence electrons. The first-order valence-electron chi connectivity index (χ1n) is 5.97. The average molecular weight is 330 g/mol. The number of rotatable bonds is 4. The van der Waals surface area contributed by atoms with Gasteiger partial charge in [0.25, 0.3) is 0 Å². The molecule has 0 aliphatic carbocycles. The molecular formula is C13H16BrNO4. The van der Waals surface area contributed by atoms with E-state index in [1.807, 2.05) is 6.92 Å². The summed E-state index contributed by atoms with van der Waals surface area (Å²) < 4.78 is 11.8. The second-order valence-electron chi connectivity index (χ2n) is 4.63. The standard InChI is InChI=1S/C13H16BrNO4/c1-6-3-8-12(14)7(9(15)5-11(16)17)4-10(18-2)13(8)19-6/h4,6,9H,3,5,15H2,1-2H3,(H,16,17). The van der Waals surface area contributed by atoms with E-state index in [1.54, 1.807) is 13.2 Å². The minimum atomic E-state index is -0.927. The van der Waals surface area contributed by atoms with E-state index in [-0.39, 0.29) is 12.5 Å². The minimum absolute atomic E-state index is 0.0751. The van der Waals surface area contributed by atoms with Crippen LogP contribution in [0.2, 0.25) is 0 Å². The molecule has 0 amide bonds. The second kappa shape index (κ2) is 5.38. The number of hydrogen-bond donors (Lipinski definition) is 2. The first-order chi connectivity index (χ1) is 8.93. The van der Waals surface area contributed by atoms with Crippen LogP contribution in [0.3, 0.4) is 0 Å². The predicted molar refractivity (Wildman–Crippen MR) is 73.7 cm³/mol. The Morgan fingerprint density at radius 1 is 1.74 bits per heavy atom. The van der Waals surface area contributed by atoms with Gasteiger partial charge in [0.05, 0.1) is 13.5 Å². The van der Waals surface area contributed by atoms with Crippen molar-refractivity contribution >= 4 is 21.9 Å². The lowest BCUT2D eigenvalue weighted by molar-refractivity contribution is -0.137. The van der Waals surface area contributed by atoms with Crippen LogP contribution in [0.15, 0.2) is 10.5 Å². The summed E-state index contributed by atoms with van der Waals surface area (Å²) >= 11 is 3.51. The highest BCUT2D eigenvalue weighted by atomic mass is 79.9. The Balaban J connectivity index is 2.46. The van der Waals surface area contributed by atoms with Gasteiger partial charge in [-0.15, -0.1) is 0 Å². The van der Waals surface area contributed by atoms with Gasteiger partial charge in [-0.2, -0.15) is 0 Å². The SMILES string of the molecule is COc1cc(C(N)CC(=O)O)c(Br)c2c1OC(C)C2. The van der Waals surface area contributed by atoms with E-state index in [0.717, 1.165) is 22.0 Å². The van der Waals surface area contributed by atoms with Crippen LogP contribution in [0.4, 0.5) is 0 Å². The van der Waals surface area contributed by atoms with E-state index in [0.29, 0.717) is 11.5 Å². The minimum Gasteiger partial charge on any atom is -0.493 e. The van der Waals surface area contributed by atoms with Crippen LogP contribution in [0, 0.1) is 0 Å². The molecule has 1 aromatic carbocycles. The van der Waals surface area contributed by atoms with Gasteiger partial charge in [-0.3, -0.25) is 4.79 Å². The Bertz CT molecular complexity index is 518. The maximum Gasteiger partial charge on any atom is 0.305 e. The summed E-state index contributed by atoms with van der Waals surface area (Å²) in [5.74, 6) is 0.384. The smallest absolute Gasteiger partial charge is 0.305 e. The van der Waals surface area contributed by atoms with Crippen molar-refractivity contribution in [2.45, 2.75) is 31.9 Å². The molecule has 0 spiro atoms. The molecule has 1 aliphatic rings. The fraction of sp³-hybridized carbons (Fsp3) is 0.462. The number of aliphatic carboxylic acids is 1. The molecule has 2 atom stereocenters. The van der Waals surface area contributed by atoms with Gasteiger partial charge in [0.2, 0.25) is 0 Å². The number of carboxylic acid groups (broad SMARTS) is 1. The molecule has 0 saturated carbocycles. The van der Waals surface area contributed by atoms with Crippen molar-refractivity contribution in [3.05, 3.63) is 21.7 Å². The van der Waals surface area contributed by atoms with Crippen LogP contribution < -0.4 is 15.2 Å². The first-order valence-corrected chi connectivity index (χ1v) is 6.76. The Morgan fingerprint density at radius 3 is 3.00 bits per heavy atom. The predicted octanol–water partition coefficient (Wildman–Crippen LogP) is 2.26. The molecule has 19 heavy (non-hydrogen) atoms. The molecule has 2 rings (SSSR count). The molecule has 3 N–H and O–H groups in total. The van der Waals surface area contributed by atoms with Crippen molar-refractivity contribution < 1.29 is 19.4 Å². The topological polar surface area (TPSA) is 81.8 Å². The highest BCUT2D eigenvalue weighted by Gasteiger charge is 2.29. The Kier molecular flexibility index (Phi) is 4.01. The average Bonchev–Trinajstić information content (AvgIpc) is 2.71. The van der Waals surface area contributed by atoms with Crippen LogP contribution in [0.5, 0.6) is 11.5 Å². The number of nitrogens with two attached hydrogens (primary N) is 1. The normalized spacial score (nSPS) is 18.6. The third-order valence-corrected chi connectivity index (χ3v) is 4.06. The molecule has 0 bridgehead atoms.